The van der Waals surface area contributed by atoms with Crippen molar-refractivity contribution >= 4 is 23.2 Å². The van der Waals surface area contributed by atoms with Gasteiger partial charge in [-0.25, -0.2) is 9.78 Å². The first kappa shape index (κ1) is 23.5. The highest BCUT2D eigenvalue weighted by atomic mass is 32.1. The van der Waals surface area contributed by atoms with Gasteiger partial charge in [0.1, 0.15) is 17.4 Å². The molecule has 3 rings (SSSR count). The molecule has 0 bridgehead atoms. The summed E-state index contributed by atoms with van der Waals surface area (Å²) in [6.45, 7) is 6.68. The lowest BCUT2D eigenvalue weighted by Crippen LogP contribution is -2.24. The number of nitrogens with one attached hydrogen (secondary N) is 1. The Hall–Kier alpha value is -3.19. The van der Waals surface area contributed by atoms with E-state index < -0.39 is 5.97 Å². The molecule has 1 aromatic heterocycles. The van der Waals surface area contributed by atoms with Crippen LogP contribution in [-0.4, -0.2) is 23.5 Å². The van der Waals surface area contributed by atoms with Crippen molar-refractivity contribution in [3.05, 3.63) is 81.3 Å². The van der Waals surface area contributed by atoms with Crippen molar-refractivity contribution in [3.63, 3.8) is 0 Å². The zero-order chi connectivity index (χ0) is 22.9. The molecule has 0 aliphatic carbocycles. The quantitative estimate of drug-likeness (QED) is 0.457. The van der Waals surface area contributed by atoms with Gasteiger partial charge in [-0.15, -0.1) is 11.3 Å². The number of benzene rings is 2. The van der Waals surface area contributed by atoms with Crippen LogP contribution in [-0.2, 0) is 33.9 Å². The largest absolute Gasteiger partial charge is 0.482 e. The Kier molecular flexibility index (Phi) is 8.39. The van der Waals surface area contributed by atoms with Crippen LogP contribution >= 0.6 is 11.3 Å². The molecule has 0 aliphatic heterocycles. The maximum absolute atomic E-state index is 12.1. The van der Waals surface area contributed by atoms with E-state index in [0.717, 1.165) is 11.1 Å². The van der Waals surface area contributed by atoms with Crippen LogP contribution < -0.4 is 10.1 Å². The highest BCUT2D eigenvalue weighted by Gasteiger charge is 2.11. The fourth-order valence-corrected chi connectivity index (χ4v) is 3.99. The molecule has 1 N–H and O–H groups in total. The monoisotopic (exact) mass is 452 g/mol. The fourth-order valence-electron chi connectivity index (χ4n) is 3.22. The Balaban J connectivity index is 1.39. The molecule has 32 heavy (non-hydrogen) atoms. The van der Waals surface area contributed by atoms with E-state index in [1.165, 1.54) is 16.9 Å². The third-order valence-electron chi connectivity index (χ3n) is 4.84. The SMILES string of the molecule is Cc1cc(OCC(=O)OCc2csc(CC(=O)NCc3ccccc3)n2)ccc1C(C)C. The number of carbonyl (C=O) groups is 2. The zero-order valence-electron chi connectivity index (χ0n) is 18.6. The summed E-state index contributed by atoms with van der Waals surface area (Å²) in [5.41, 5.74) is 4.05. The lowest BCUT2D eigenvalue weighted by molar-refractivity contribution is -0.147. The molecule has 7 heteroatoms. The normalized spacial score (nSPS) is 10.8. The van der Waals surface area contributed by atoms with Gasteiger partial charge in [-0.05, 0) is 41.7 Å². The van der Waals surface area contributed by atoms with Crippen LogP contribution in [0.3, 0.4) is 0 Å². The number of thiazole rings is 1. The van der Waals surface area contributed by atoms with Gasteiger partial charge in [-0.1, -0.05) is 50.2 Å². The van der Waals surface area contributed by atoms with E-state index in [-0.39, 0.29) is 25.5 Å². The standard InChI is InChI=1S/C25H28N2O4S/c1-17(2)22-10-9-21(11-18(22)3)30-15-25(29)31-14-20-16-32-24(27-20)12-23(28)26-13-19-7-5-4-6-8-19/h4-11,16-17H,12-15H2,1-3H3,(H,26,28). The summed E-state index contributed by atoms with van der Waals surface area (Å²) in [5, 5.41) is 5.35. The molecule has 0 radical (unpaired) electrons. The molecule has 6 nitrogen and oxygen atoms in total. The van der Waals surface area contributed by atoms with Gasteiger partial charge in [0.05, 0.1) is 12.1 Å². The minimum absolute atomic E-state index is 0.0512. The highest BCUT2D eigenvalue weighted by Crippen LogP contribution is 2.23. The number of rotatable bonds is 10. The summed E-state index contributed by atoms with van der Waals surface area (Å²) >= 11 is 1.37. The Labute approximate surface area is 192 Å². The number of esters is 1. The molecular formula is C25H28N2O4S. The van der Waals surface area contributed by atoms with Gasteiger partial charge < -0.3 is 14.8 Å². The van der Waals surface area contributed by atoms with E-state index in [2.05, 4.69) is 24.1 Å². The van der Waals surface area contributed by atoms with Crippen molar-refractivity contribution < 1.29 is 19.1 Å². The first-order chi connectivity index (χ1) is 15.4. The maximum Gasteiger partial charge on any atom is 0.344 e. The summed E-state index contributed by atoms with van der Waals surface area (Å²) in [4.78, 5) is 28.5. The van der Waals surface area contributed by atoms with Crippen molar-refractivity contribution in [2.75, 3.05) is 6.61 Å². The molecule has 0 atom stereocenters. The molecule has 0 unspecified atom stereocenters. The Morgan fingerprint density at radius 1 is 1.12 bits per heavy atom. The Morgan fingerprint density at radius 2 is 1.91 bits per heavy atom. The van der Waals surface area contributed by atoms with Gasteiger partial charge in [0.25, 0.3) is 0 Å². The predicted molar refractivity (Wildman–Crippen MR) is 125 cm³/mol. The highest BCUT2D eigenvalue weighted by molar-refractivity contribution is 7.09. The van der Waals surface area contributed by atoms with Crippen LogP contribution in [0.1, 0.15) is 47.2 Å². The third-order valence-corrected chi connectivity index (χ3v) is 5.74. The van der Waals surface area contributed by atoms with E-state index >= 15 is 0 Å². The molecule has 3 aromatic rings. The fraction of sp³-hybridized carbons (Fsp3) is 0.320. The second kappa shape index (κ2) is 11.4. The average Bonchev–Trinajstić information content (AvgIpc) is 3.22. The van der Waals surface area contributed by atoms with Crippen molar-refractivity contribution in [2.24, 2.45) is 0 Å². The Morgan fingerprint density at radius 3 is 2.62 bits per heavy atom. The second-order valence-electron chi connectivity index (χ2n) is 7.79. The Bertz CT molecular complexity index is 1050. The van der Waals surface area contributed by atoms with Gasteiger partial charge in [0, 0.05) is 11.9 Å². The van der Waals surface area contributed by atoms with Crippen molar-refractivity contribution in [1.29, 1.82) is 0 Å². The topological polar surface area (TPSA) is 77.5 Å². The first-order valence-corrected chi connectivity index (χ1v) is 11.4. The third kappa shape index (κ3) is 7.20. The summed E-state index contributed by atoms with van der Waals surface area (Å²) in [6, 6.07) is 15.5. The number of ether oxygens (including phenoxy) is 2. The second-order valence-corrected chi connectivity index (χ2v) is 8.74. The molecule has 0 saturated carbocycles. The number of carbonyl (C=O) groups excluding carboxylic acids is 2. The molecule has 0 fully saturated rings. The van der Waals surface area contributed by atoms with Crippen LogP contribution in [0, 0.1) is 6.92 Å². The number of hydrogen-bond donors (Lipinski definition) is 1. The van der Waals surface area contributed by atoms with Gasteiger partial charge in [-0.3, -0.25) is 4.79 Å². The van der Waals surface area contributed by atoms with E-state index in [1.54, 1.807) is 5.38 Å². The molecule has 2 aromatic carbocycles. The van der Waals surface area contributed by atoms with Gasteiger partial charge in [-0.2, -0.15) is 0 Å². The van der Waals surface area contributed by atoms with Crippen molar-refractivity contribution in [2.45, 2.75) is 46.3 Å². The minimum atomic E-state index is -0.467. The summed E-state index contributed by atoms with van der Waals surface area (Å²) in [6.07, 6.45) is 0.195. The molecule has 1 heterocycles. The van der Waals surface area contributed by atoms with Gasteiger partial charge in [0.15, 0.2) is 6.61 Å². The van der Waals surface area contributed by atoms with Crippen LogP contribution in [0.5, 0.6) is 5.75 Å². The molecule has 0 aliphatic rings. The minimum Gasteiger partial charge on any atom is -0.482 e. The van der Waals surface area contributed by atoms with Crippen LogP contribution in [0.2, 0.25) is 0 Å². The number of nitrogens with zero attached hydrogens (tertiary/aromatic N) is 1. The molecule has 1 amide bonds. The van der Waals surface area contributed by atoms with E-state index in [0.29, 0.717) is 28.9 Å². The van der Waals surface area contributed by atoms with Crippen molar-refractivity contribution in [3.8, 4) is 5.75 Å². The molecule has 0 saturated heterocycles. The first-order valence-electron chi connectivity index (χ1n) is 10.5. The number of amides is 1. The number of aryl methyl sites for hydroxylation is 1. The smallest absolute Gasteiger partial charge is 0.344 e. The summed E-state index contributed by atoms with van der Waals surface area (Å²) in [7, 11) is 0. The lowest BCUT2D eigenvalue weighted by atomic mass is 9.98. The summed E-state index contributed by atoms with van der Waals surface area (Å²) in [5.74, 6) is 0.512. The average molecular weight is 453 g/mol. The van der Waals surface area contributed by atoms with E-state index in [1.807, 2.05) is 55.5 Å². The van der Waals surface area contributed by atoms with Gasteiger partial charge in [0.2, 0.25) is 5.91 Å². The molecule has 168 valence electrons. The molecular weight excluding hydrogens is 424 g/mol. The lowest BCUT2D eigenvalue weighted by Gasteiger charge is -2.12. The van der Waals surface area contributed by atoms with Crippen LogP contribution in [0.25, 0.3) is 0 Å². The number of hydrogen-bond acceptors (Lipinski definition) is 6. The predicted octanol–water partition coefficient (Wildman–Crippen LogP) is 4.56. The molecule has 0 spiro atoms. The van der Waals surface area contributed by atoms with E-state index in [4.69, 9.17) is 9.47 Å². The number of aromatic nitrogens is 1. The summed E-state index contributed by atoms with van der Waals surface area (Å²) < 4.78 is 10.8. The van der Waals surface area contributed by atoms with E-state index in [9.17, 15) is 9.59 Å². The van der Waals surface area contributed by atoms with Crippen LogP contribution in [0.15, 0.2) is 53.9 Å². The van der Waals surface area contributed by atoms with Crippen molar-refractivity contribution in [1.82, 2.24) is 10.3 Å². The maximum atomic E-state index is 12.1. The van der Waals surface area contributed by atoms with Crippen LogP contribution in [0.4, 0.5) is 0 Å². The van der Waals surface area contributed by atoms with Gasteiger partial charge >= 0.3 is 5.97 Å². The zero-order valence-corrected chi connectivity index (χ0v) is 19.4.